The Morgan fingerprint density at radius 3 is 2.46 bits per heavy atom. The van der Waals surface area contributed by atoms with Crippen LogP contribution < -0.4 is 9.62 Å². The third kappa shape index (κ3) is 4.57. The molecular formula is C19H29N5O3S. The number of piperazine rings is 1. The number of fused-ring (bicyclic) bond motifs is 1. The number of sulfonamides is 1. The molecule has 1 saturated heterocycles. The highest BCUT2D eigenvalue weighted by atomic mass is 32.2. The molecule has 1 N–H and O–H groups in total. The second kappa shape index (κ2) is 8.81. The van der Waals surface area contributed by atoms with Crippen LogP contribution in [0.2, 0.25) is 0 Å². The average molecular weight is 408 g/mol. The van der Waals surface area contributed by atoms with Crippen LogP contribution in [0.15, 0.2) is 29.3 Å². The van der Waals surface area contributed by atoms with Gasteiger partial charge in [0.05, 0.1) is 18.0 Å². The van der Waals surface area contributed by atoms with E-state index in [0.717, 1.165) is 17.7 Å². The van der Waals surface area contributed by atoms with Crippen molar-refractivity contribution < 1.29 is 13.2 Å². The molecule has 28 heavy (non-hydrogen) atoms. The summed E-state index contributed by atoms with van der Waals surface area (Å²) in [6, 6.07) is 7.65. The Kier molecular flexibility index (Phi) is 6.43. The molecular weight excluding hydrogens is 378 g/mol. The molecule has 0 spiro atoms. The Balaban J connectivity index is 1.62. The summed E-state index contributed by atoms with van der Waals surface area (Å²) in [5.41, 5.74) is 1.87. The summed E-state index contributed by atoms with van der Waals surface area (Å²) in [5.74, 6) is 0.769. The summed E-state index contributed by atoms with van der Waals surface area (Å²) in [6.45, 7) is 7.67. The Bertz CT molecular complexity index is 832. The fourth-order valence-corrected chi connectivity index (χ4v) is 5.02. The highest BCUT2D eigenvalue weighted by Gasteiger charge is 2.29. The Morgan fingerprint density at radius 1 is 1.11 bits per heavy atom. The van der Waals surface area contributed by atoms with Crippen LogP contribution in [-0.2, 0) is 21.2 Å². The van der Waals surface area contributed by atoms with Crippen LogP contribution in [0.4, 0.5) is 5.69 Å². The normalized spacial score (nSPS) is 17.6. The molecule has 154 valence electrons. The van der Waals surface area contributed by atoms with E-state index in [1.807, 2.05) is 36.1 Å². The number of carbonyl (C=O) groups is 1. The van der Waals surface area contributed by atoms with Gasteiger partial charge < -0.3 is 15.1 Å². The molecule has 2 heterocycles. The van der Waals surface area contributed by atoms with Crippen LogP contribution in [0.3, 0.4) is 0 Å². The van der Waals surface area contributed by atoms with E-state index in [1.165, 1.54) is 4.31 Å². The van der Waals surface area contributed by atoms with Crippen LogP contribution >= 0.6 is 0 Å². The number of hydrogen-bond donors (Lipinski definition) is 1. The first-order valence-electron chi connectivity index (χ1n) is 9.79. The molecule has 1 aromatic carbocycles. The van der Waals surface area contributed by atoms with E-state index in [-0.39, 0.29) is 18.2 Å². The molecule has 1 fully saturated rings. The zero-order chi connectivity index (χ0) is 20.1. The lowest BCUT2D eigenvalue weighted by atomic mass is 10.2. The van der Waals surface area contributed by atoms with Crippen LogP contribution in [0, 0.1) is 0 Å². The van der Waals surface area contributed by atoms with E-state index < -0.39 is 10.0 Å². The predicted molar refractivity (Wildman–Crippen MR) is 111 cm³/mol. The smallest absolute Gasteiger partial charge is 0.237 e. The minimum absolute atomic E-state index is 0.0242. The third-order valence-corrected chi connectivity index (χ3v) is 6.90. The molecule has 2 aliphatic heterocycles. The average Bonchev–Trinajstić information content (AvgIpc) is 3.12. The monoisotopic (exact) mass is 407 g/mol. The van der Waals surface area contributed by atoms with Gasteiger partial charge in [-0.15, -0.1) is 0 Å². The molecule has 0 aromatic heterocycles. The van der Waals surface area contributed by atoms with Gasteiger partial charge in [0.1, 0.15) is 0 Å². The number of anilines is 1. The van der Waals surface area contributed by atoms with E-state index in [4.69, 9.17) is 0 Å². The van der Waals surface area contributed by atoms with E-state index in [0.29, 0.717) is 45.2 Å². The Morgan fingerprint density at radius 2 is 1.79 bits per heavy atom. The lowest BCUT2D eigenvalue weighted by Gasteiger charge is -2.36. The van der Waals surface area contributed by atoms with E-state index in [2.05, 4.69) is 15.2 Å². The zero-order valence-corrected chi connectivity index (χ0v) is 17.4. The summed E-state index contributed by atoms with van der Waals surface area (Å²) >= 11 is 0. The van der Waals surface area contributed by atoms with Crippen LogP contribution in [-0.4, -0.2) is 81.7 Å². The number of rotatable bonds is 5. The van der Waals surface area contributed by atoms with Crippen molar-refractivity contribution in [2.45, 2.75) is 20.3 Å². The number of benzene rings is 1. The second-order valence-electron chi connectivity index (χ2n) is 7.00. The fourth-order valence-electron chi connectivity index (χ4n) is 3.63. The fraction of sp³-hybridized carbons (Fsp3) is 0.579. The van der Waals surface area contributed by atoms with Gasteiger partial charge in [-0.1, -0.05) is 18.2 Å². The summed E-state index contributed by atoms with van der Waals surface area (Å²) < 4.78 is 27.1. The highest BCUT2D eigenvalue weighted by Crippen LogP contribution is 2.29. The van der Waals surface area contributed by atoms with Gasteiger partial charge in [0.2, 0.25) is 15.9 Å². The van der Waals surface area contributed by atoms with Crippen molar-refractivity contribution in [1.82, 2.24) is 15.1 Å². The first-order valence-corrected chi connectivity index (χ1v) is 11.4. The molecule has 8 nitrogen and oxygen atoms in total. The topological polar surface area (TPSA) is 85.3 Å². The molecule has 0 bridgehead atoms. The SMILES string of the molecule is CCNC(=NCCS(=O)(=O)N1CCc2ccccc21)N1CCN(C(C)=O)CC1. The maximum Gasteiger partial charge on any atom is 0.237 e. The van der Waals surface area contributed by atoms with Gasteiger partial charge in [-0.2, -0.15) is 0 Å². The molecule has 0 radical (unpaired) electrons. The number of para-hydroxylation sites is 1. The molecule has 0 unspecified atom stereocenters. The molecule has 1 aromatic rings. The molecule has 9 heteroatoms. The standard InChI is InChI=1S/C19H29N5O3S/c1-3-20-19(23-13-11-22(12-14-23)16(2)25)21-9-15-28(26,27)24-10-8-17-6-4-5-7-18(17)24/h4-7H,3,8-15H2,1-2H3,(H,20,21). The van der Waals surface area contributed by atoms with Gasteiger partial charge in [-0.3, -0.25) is 14.1 Å². The largest absolute Gasteiger partial charge is 0.357 e. The Hall–Kier alpha value is -2.29. The lowest BCUT2D eigenvalue weighted by Crippen LogP contribution is -2.53. The molecule has 0 saturated carbocycles. The molecule has 1 amide bonds. The van der Waals surface area contributed by atoms with Gasteiger partial charge in [0, 0.05) is 46.2 Å². The van der Waals surface area contributed by atoms with E-state index in [1.54, 1.807) is 6.92 Å². The van der Waals surface area contributed by atoms with Crippen molar-refractivity contribution in [3.63, 3.8) is 0 Å². The maximum absolute atomic E-state index is 12.8. The predicted octanol–water partition coefficient (Wildman–Crippen LogP) is 0.509. The van der Waals surface area contributed by atoms with Crippen molar-refractivity contribution in [3.05, 3.63) is 29.8 Å². The zero-order valence-electron chi connectivity index (χ0n) is 16.6. The van der Waals surface area contributed by atoms with Crippen molar-refractivity contribution in [1.29, 1.82) is 0 Å². The quantitative estimate of drug-likeness (QED) is 0.568. The van der Waals surface area contributed by atoms with E-state index in [9.17, 15) is 13.2 Å². The highest BCUT2D eigenvalue weighted by molar-refractivity contribution is 7.92. The molecule has 2 aliphatic rings. The lowest BCUT2D eigenvalue weighted by molar-refractivity contribution is -0.130. The van der Waals surface area contributed by atoms with Gasteiger partial charge in [0.15, 0.2) is 5.96 Å². The summed E-state index contributed by atoms with van der Waals surface area (Å²) in [7, 11) is -3.41. The number of carbonyl (C=O) groups excluding carboxylic acids is 1. The van der Waals surface area contributed by atoms with Gasteiger partial charge in [0.25, 0.3) is 0 Å². The van der Waals surface area contributed by atoms with Crippen LogP contribution in [0.5, 0.6) is 0 Å². The number of nitrogens with one attached hydrogen (secondary N) is 1. The third-order valence-electron chi connectivity index (χ3n) is 5.15. The van der Waals surface area contributed by atoms with Crippen LogP contribution in [0.25, 0.3) is 0 Å². The van der Waals surface area contributed by atoms with E-state index >= 15 is 0 Å². The van der Waals surface area contributed by atoms with Gasteiger partial charge in [-0.25, -0.2) is 8.42 Å². The molecule has 3 rings (SSSR count). The summed E-state index contributed by atoms with van der Waals surface area (Å²) in [4.78, 5) is 19.9. The number of amides is 1. The number of guanidine groups is 1. The number of hydrogen-bond acceptors (Lipinski definition) is 4. The molecule has 0 aliphatic carbocycles. The minimum Gasteiger partial charge on any atom is -0.357 e. The maximum atomic E-state index is 12.8. The first-order chi connectivity index (χ1) is 13.4. The second-order valence-corrected chi connectivity index (χ2v) is 9.01. The minimum atomic E-state index is -3.41. The molecule has 0 atom stereocenters. The summed E-state index contributed by atoms with van der Waals surface area (Å²) in [5, 5.41) is 3.23. The van der Waals surface area contributed by atoms with Gasteiger partial charge >= 0.3 is 0 Å². The first kappa shape index (κ1) is 20.4. The van der Waals surface area contributed by atoms with Crippen molar-refractivity contribution in [2.24, 2.45) is 4.99 Å². The number of aliphatic imine (C=N–C) groups is 1. The van der Waals surface area contributed by atoms with Crippen molar-refractivity contribution in [2.75, 3.05) is 55.9 Å². The summed E-state index contributed by atoms with van der Waals surface area (Å²) in [6.07, 6.45) is 0.752. The number of nitrogens with zero attached hydrogens (tertiary/aromatic N) is 4. The van der Waals surface area contributed by atoms with Crippen LogP contribution in [0.1, 0.15) is 19.4 Å². The van der Waals surface area contributed by atoms with Gasteiger partial charge in [-0.05, 0) is 25.0 Å². The van der Waals surface area contributed by atoms with Crippen molar-refractivity contribution in [3.8, 4) is 0 Å². The van der Waals surface area contributed by atoms with Crippen molar-refractivity contribution >= 4 is 27.6 Å². The Labute approximate surface area is 167 Å².